The molecule has 4 heterocycles. The molecule has 12 heteroatoms. The van der Waals surface area contributed by atoms with E-state index in [9.17, 15) is 22.8 Å². The molecule has 184 valence electrons. The quantitative estimate of drug-likeness (QED) is 0.404. The molecule has 1 aromatic carbocycles. The summed E-state index contributed by atoms with van der Waals surface area (Å²) in [6.45, 7) is 1.61. The van der Waals surface area contributed by atoms with Crippen LogP contribution in [0.5, 0.6) is 0 Å². The number of halogens is 3. The summed E-state index contributed by atoms with van der Waals surface area (Å²) in [6, 6.07) is 8.76. The molecule has 0 aliphatic rings. The van der Waals surface area contributed by atoms with E-state index in [1.807, 2.05) is 31.3 Å². The molecule has 1 N–H and O–H groups in total. The maximum atomic E-state index is 13.5. The molecule has 0 saturated carbocycles. The van der Waals surface area contributed by atoms with E-state index in [4.69, 9.17) is 0 Å². The molecule has 0 radical (unpaired) electrons. The molecule has 36 heavy (non-hydrogen) atoms. The fraction of sp³-hybridized carbons (Fsp3) is 0.208. The predicted octanol–water partition coefficient (Wildman–Crippen LogP) is 3.19. The summed E-state index contributed by atoms with van der Waals surface area (Å²) in [5.74, 6) is -0.916. The first-order valence-electron chi connectivity index (χ1n) is 10.9. The van der Waals surface area contributed by atoms with Gasteiger partial charge in [0, 0.05) is 12.4 Å². The van der Waals surface area contributed by atoms with Gasteiger partial charge < -0.3 is 5.32 Å². The van der Waals surface area contributed by atoms with Crippen LogP contribution in [0, 0.1) is 13.8 Å². The molecule has 0 atom stereocenters. The van der Waals surface area contributed by atoms with Gasteiger partial charge in [0.2, 0.25) is 5.91 Å². The SMILES string of the molecule is Cc1cc(-c2cnn3cccnc23)ncc1-n1c(=O)n(CC(=O)NCC(F)(F)F)c2cccc(C)c21. The van der Waals surface area contributed by atoms with Gasteiger partial charge in [-0.1, -0.05) is 12.1 Å². The van der Waals surface area contributed by atoms with Crippen LogP contribution >= 0.6 is 0 Å². The van der Waals surface area contributed by atoms with Crippen LogP contribution in [0.2, 0.25) is 0 Å². The van der Waals surface area contributed by atoms with E-state index < -0.39 is 30.9 Å². The Kier molecular flexibility index (Phi) is 5.58. The zero-order valence-corrected chi connectivity index (χ0v) is 19.2. The van der Waals surface area contributed by atoms with E-state index in [-0.39, 0.29) is 0 Å². The van der Waals surface area contributed by atoms with Crippen molar-refractivity contribution >= 4 is 22.6 Å². The molecular formula is C24H20F3N7O2. The fourth-order valence-corrected chi connectivity index (χ4v) is 4.18. The van der Waals surface area contributed by atoms with E-state index in [1.54, 1.807) is 47.5 Å². The van der Waals surface area contributed by atoms with E-state index >= 15 is 0 Å². The van der Waals surface area contributed by atoms with Crippen molar-refractivity contribution in [2.75, 3.05) is 6.54 Å². The van der Waals surface area contributed by atoms with Crippen LogP contribution in [0.15, 0.2) is 59.9 Å². The number of imidazole rings is 1. The lowest BCUT2D eigenvalue weighted by atomic mass is 10.1. The van der Waals surface area contributed by atoms with E-state index in [0.29, 0.717) is 28.1 Å². The molecule has 0 aliphatic carbocycles. The van der Waals surface area contributed by atoms with Gasteiger partial charge in [-0.15, -0.1) is 0 Å². The third kappa shape index (κ3) is 4.10. The number of hydrogen-bond acceptors (Lipinski definition) is 5. The molecular weight excluding hydrogens is 475 g/mol. The van der Waals surface area contributed by atoms with Crippen molar-refractivity contribution in [2.45, 2.75) is 26.6 Å². The minimum absolute atomic E-state index is 0.428. The largest absolute Gasteiger partial charge is 0.405 e. The monoisotopic (exact) mass is 495 g/mol. The number of para-hydroxylation sites is 1. The number of carbonyl (C=O) groups excluding carboxylic acids is 1. The number of benzene rings is 1. The number of aryl methyl sites for hydroxylation is 2. The number of nitrogens with zero attached hydrogens (tertiary/aromatic N) is 6. The Morgan fingerprint density at radius 3 is 2.64 bits per heavy atom. The molecule has 0 saturated heterocycles. The first-order valence-corrected chi connectivity index (χ1v) is 10.9. The van der Waals surface area contributed by atoms with Crippen LogP contribution in [0.4, 0.5) is 13.2 Å². The highest BCUT2D eigenvalue weighted by Gasteiger charge is 2.28. The van der Waals surface area contributed by atoms with E-state index in [0.717, 1.165) is 21.3 Å². The second kappa shape index (κ2) is 8.63. The molecule has 5 aromatic rings. The van der Waals surface area contributed by atoms with Crippen molar-refractivity contribution in [3.8, 4) is 16.9 Å². The Labute approximate surface area is 201 Å². The van der Waals surface area contributed by atoms with Crippen molar-refractivity contribution < 1.29 is 18.0 Å². The Balaban J connectivity index is 1.59. The van der Waals surface area contributed by atoms with Gasteiger partial charge in [0.15, 0.2) is 5.65 Å². The van der Waals surface area contributed by atoms with Gasteiger partial charge in [0.25, 0.3) is 0 Å². The minimum atomic E-state index is -4.55. The average Bonchev–Trinajstić information content (AvgIpc) is 3.38. The molecule has 0 spiro atoms. The molecule has 0 aliphatic heterocycles. The summed E-state index contributed by atoms with van der Waals surface area (Å²) in [7, 11) is 0. The number of aromatic nitrogens is 6. The van der Waals surface area contributed by atoms with Gasteiger partial charge in [-0.05, 0) is 43.2 Å². The Morgan fingerprint density at radius 2 is 1.89 bits per heavy atom. The van der Waals surface area contributed by atoms with Crippen LogP contribution in [0.3, 0.4) is 0 Å². The number of amides is 1. The molecule has 4 aromatic heterocycles. The van der Waals surface area contributed by atoms with Crippen molar-refractivity contribution in [3.63, 3.8) is 0 Å². The van der Waals surface area contributed by atoms with Crippen molar-refractivity contribution in [1.82, 2.24) is 34.0 Å². The van der Waals surface area contributed by atoms with Gasteiger partial charge >= 0.3 is 11.9 Å². The topological polar surface area (TPSA) is 99.1 Å². The number of nitrogens with one attached hydrogen (secondary N) is 1. The normalized spacial score (nSPS) is 11.9. The number of pyridine rings is 1. The summed E-state index contributed by atoms with van der Waals surface area (Å²) in [4.78, 5) is 34.6. The smallest absolute Gasteiger partial charge is 0.345 e. The van der Waals surface area contributed by atoms with Gasteiger partial charge in [-0.3, -0.25) is 18.9 Å². The van der Waals surface area contributed by atoms with Crippen LogP contribution < -0.4 is 11.0 Å². The highest BCUT2D eigenvalue weighted by Crippen LogP contribution is 2.27. The summed E-state index contributed by atoms with van der Waals surface area (Å²) in [5.41, 5.74) is 4.35. The fourth-order valence-electron chi connectivity index (χ4n) is 4.18. The number of carbonyl (C=O) groups is 1. The zero-order valence-electron chi connectivity index (χ0n) is 19.2. The Bertz CT molecular complexity index is 1680. The summed E-state index contributed by atoms with van der Waals surface area (Å²) < 4.78 is 41.8. The lowest BCUT2D eigenvalue weighted by molar-refractivity contribution is -0.138. The average molecular weight is 495 g/mol. The van der Waals surface area contributed by atoms with Crippen molar-refractivity contribution in [2.24, 2.45) is 0 Å². The predicted molar refractivity (Wildman–Crippen MR) is 126 cm³/mol. The second-order valence-electron chi connectivity index (χ2n) is 8.34. The van der Waals surface area contributed by atoms with E-state index in [1.165, 1.54) is 4.57 Å². The lowest BCUT2D eigenvalue weighted by Crippen LogP contribution is -2.38. The Morgan fingerprint density at radius 1 is 1.08 bits per heavy atom. The third-order valence-electron chi connectivity index (χ3n) is 5.82. The molecule has 1 amide bonds. The second-order valence-corrected chi connectivity index (χ2v) is 8.34. The molecule has 5 rings (SSSR count). The summed E-state index contributed by atoms with van der Waals surface area (Å²) in [6.07, 6.45) is 2.09. The third-order valence-corrected chi connectivity index (χ3v) is 5.82. The number of alkyl halides is 3. The van der Waals surface area contributed by atoms with Crippen LogP contribution in [-0.4, -0.2) is 47.3 Å². The summed E-state index contributed by atoms with van der Waals surface area (Å²) in [5, 5.41) is 6.10. The van der Waals surface area contributed by atoms with Crippen LogP contribution in [0.25, 0.3) is 33.6 Å². The number of hydrogen-bond donors (Lipinski definition) is 1. The highest BCUT2D eigenvalue weighted by molar-refractivity contribution is 5.84. The maximum Gasteiger partial charge on any atom is 0.405 e. The molecule has 0 bridgehead atoms. The summed E-state index contributed by atoms with van der Waals surface area (Å²) >= 11 is 0. The minimum Gasteiger partial charge on any atom is -0.345 e. The van der Waals surface area contributed by atoms with Crippen molar-refractivity contribution in [1.29, 1.82) is 0 Å². The first kappa shape index (κ1) is 23.3. The van der Waals surface area contributed by atoms with E-state index in [2.05, 4.69) is 15.1 Å². The van der Waals surface area contributed by atoms with Crippen LogP contribution in [0.1, 0.15) is 11.1 Å². The van der Waals surface area contributed by atoms with Gasteiger partial charge in [-0.2, -0.15) is 18.3 Å². The van der Waals surface area contributed by atoms with Gasteiger partial charge in [-0.25, -0.2) is 14.3 Å². The standard InChI is InChI=1S/C24H20F3N7O2/c1-14-5-3-6-18-21(14)34(23(36)32(18)12-20(35)30-13-24(25,26)27)19-11-29-17(9-15(19)2)16-10-31-33-8-4-7-28-22(16)33/h3-11H,12-13H2,1-2H3,(H,30,35). The van der Waals surface area contributed by atoms with Gasteiger partial charge in [0.1, 0.15) is 13.1 Å². The zero-order chi connectivity index (χ0) is 25.6. The van der Waals surface area contributed by atoms with Crippen LogP contribution in [-0.2, 0) is 11.3 Å². The first-order chi connectivity index (χ1) is 17.1. The van der Waals surface area contributed by atoms with Crippen molar-refractivity contribution in [3.05, 3.63) is 76.7 Å². The number of rotatable bonds is 5. The molecule has 9 nitrogen and oxygen atoms in total. The maximum absolute atomic E-state index is 13.5. The Hall–Kier alpha value is -4.48. The highest BCUT2D eigenvalue weighted by atomic mass is 19.4. The molecule has 0 fully saturated rings. The molecule has 0 unspecified atom stereocenters. The number of fused-ring (bicyclic) bond motifs is 2. The van der Waals surface area contributed by atoms with Gasteiger partial charge in [0.05, 0.1) is 40.4 Å². The lowest BCUT2D eigenvalue weighted by Gasteiger charge is -2.10.